The molecule has 1 aliphatic heterocycles. The molecule has 0 N–H and O–H groups in total. The largest absolute Gasteiger partial charge is 0.481 e. The minimum Gasteiger partial charge on any atom is -0.481 e. The molecule has 0 saturated carbocycles. The molecule has 7 nitrogen and oxygen atoms in total. The lowest BCUT2D eigenvalue weighted by Crippen LogP contribution is -2.49. The molecule has 1 heterocycles. The molecule has 0 unspecified atom stereocenters. The van der Waals surface area contributed by atoms with E-state index in [2.05, 4.69) is 25.6 Å². The molecule has 31 heavy (non-hydrogen) atoms. The number of amides is 1. The van der Waals surface area contributed by atoms with Crippen LogP contribution in [0.5, 0.6) is 5.75 Å². The van der Waals surface area contributed by atoms with Crippen LogP contribution in [0.15, 0.2) is 58.6 Å². The molecular weight excluding hydrogens is 462 g/mol. The van der Waals surface area contributed by atoms with Crippen LogP contribution in [-0.2, 0) is 14.3 Å². The molecule has 160 valence electrons. The fourth-order valence-electron chi connectivity index (χ4n) is 3.23. The summed E-state index contributed by atoms with van der Waals surface area (Å²) in [5.74, 6) is -0.470. The number of halogens is 1. The zero-order valence-electron chi connectivity index (χ0n) is 17.1. The van der Waals surface area contributed by atoms with E-state index in [1.807, 2.05) is 36.4 Å². The van der Waals surface area contributed by atoms with E-state index in [1.165, 1.54) is 13.2 Å². The average molecular weight is 484 g/mol. The van der Waals surface area contributed by atoms with Crippen LogP contribution in [0.2, 0.25) is 0 Å². The number of rotatable bonds is 6. The van der Waals surface area contributed by atoms with Gasteiger partial charge in [0.1, 0.15) is 17.4 Å². The van der Waals surface area contributed by atoms with Gasteiger partial charge in [-0.3, -0.25) is 4.79 Å². The molecule has 2 aromatic rings. The number of methoxy groups -OCH3 is 1. The summed E-state index contributed by atoms with van der Waals surface area (Å²) in [5.41, 5.74) is 1.65. The van der Waals surface area contributed by atoms with Crippen molar-refractivity contribution in [3.8, 4) is 11.8 Å². The van der Waals surface area contributed by atoms with Gasteiger partial charge in [-0.05, 0) is 36.4 Å². The van der Waals surface area contributed by atoms with Crippen LogP contribution in [0.3, 0.4) is 0 Å². The summed E-state index contributed by atoms with van der Waals surface area (Å²) >= 11 is 3.38. The third-order valence-electron chi connectivity index (χ3n) is 4.88. The summed E-state index contributed by atoms with van der Waals surface area (Å²) in [4.78, 5) is 28.3. The molecule has 8 heteroatoms. The van der Waals surface area contributed by atoms with Crippen molar-refractivity contribution in [3.05, 3.63) is 64.1 Å². The lowest BCUT2D eigenvalue weighted by molar-refractivity contribution is -0.142. The molecule has 1 fully saturated rings. The highest BCUT2D eigenvalue weighted by atomic mass is 79.9. The predicted molar refractivity (Wildman–Crippen MR) is 120 cm³/mol. The second-order valence-corrected chi connectivity index (χ2v) is 7.75. The Balaban J connectivity index is 1.73. The summed E-state index contributed by atoms with van der Waals surface area (Å²) in [5, 5.41) is 9.63. The van der Waals surface area contributed by atoms with E-state index in [1.54, 1.807) is 23.1 Å². The molecule has 0 aromatic heterocycles. The van der Waals surface area contributed by atoms with E-state index in [-0.39, 0.29) is 18.1 Å². The molecule has 1 amide bonds. The van der Waals surface area contributed by atoms with Crippen LogP contribution in [-0.4, -0.2) is 56.7 Å². The second kappa shape index (κ2) is 10.6. The zero-order chi connectivity index (χ0) is 22.2. The van der Waals surface area contributed by atoms with Crippen molar-refractivity contribution in [2.24, 2.45) is 0 Å². The van der Waals surface area contributed by atoms with Crippen molar-refractivity contribution >= 4 is 39.6 Å². The van der Waals surface area contributed by atoms with Crippen molar-refractivity contribution in [2.45, 2.75) is 0 Å². The Morgan fingerprint density at radius 3 is 2.48 bits per heavy atom. The van der Waals surface area contributed by atoms with Gasteiger partial charge in [-0.1, -0.05) is 34.1 Å². The number of anilines is 1. The molecule has 0 spiro atoms. The Labute approximate surface area is 189 Å². The minimum atomic E-state index is -0.522. The van der Waals surface area contributed by atoms with Crippen LogP contribution in [0, 0.1) is 11.3 Å². The molecule has 0 aliphatic carbocycles. The van der Waals surface area contributed by atoms with E-state index in [0.29, 0.717) is 37.5 Å². The van der Waals surface area contributed by atoms with Gasteiger partial charge >= 0.3 is 5.97 Å². The number of para-hydroxylation sites is 1. The standard InChI is InChI=1S/C23H22BrN3O4/c1-30-22(28)16-31-21-8-7-19(24)14-17(21)13-18(15-25)23(29)27-11-9-26(10-12-27)20-5-3-2-4-6-20/h2-8,13-14H,9-12,16H2,1H3/b18-13-. The number of piperazine rings is 1. The number of nitriles is 1. The molecule has 1 aliphatic rings. The Morgan fingerprint density at radius 2 is 1.84 bits per heavy atom. The van der Waals surface area contributed by atoms with Gasteiger partial charge in [-0.25, -0.2) is 4.79 Å². The van der Waals surface area contributed by atoms with Gasteiger partial charge in [0.2, 0.25) is 0 Å². The number of carbonyl (C=O) groups excluding carboxylic acids is 2. The number of carbonyl (C=O) groups is 2. The van der Waals surface area contributed by atoms with Crippen LogP contribution >= 0.6 is 15.9 Å². The Morgan fingerprint density at radius 1 is 1.13 bits per heavy atom. The van der Waals surface area contributed by atoms with Crippen LogP contribution in [0.4, 0.5) is 5.69 Å². The number of esters is 1. The lowest BCUT2D eigenvalue weighted by atomic mass is 10.1. The van der Waals surface area contributed by atoms with Gasteiger partial charge in [0.15, 0.2) is 6.61 Å². The summed E-state index contributed by atoms with van der Waals surface area (Å²) in [6.07, 6.45) is 1.49. The fourth-order valence-corrected chi connectivity index (χ4v) is 3.61. The maximum absolute atomic E-state index is 13.0. The Kier molecular flexibility index (Phi) is 7.68. The number of hydrogen-bond donors (Lipinski definition) is 0. The highest BCUT2D eigenvalue weighted by Gasteiger charge is 2.24. The molecule has 0 radical (unpaired) electrons. The predicted octanol–water partition coefficient (Wildman–Crippen LogP) is 3.26. The van der Waals surface area contributed by atoms with Gasteiger partial charge in [0.25, 0.3) is 5.91 Å². The van der Waals surface area contributed by atoms with Crippen molar-refractivity contribution in [3.63, 3.8) is 0 Å². The van der Waals surface area contributed by atoms with Crippen LogP contribution in [0.25, 0.3) is 6.08 Å². The summed E-state index contributed by atoms with van der Waals surface area (Å²) in [6, 6.07) is 17.2. The third-order valence-corrected chi connectivity index (χ3v) is 5.38. The monoisotopic (exact) mass is 483 g/mol. The van der Waals surface area contributed by atoms with Crippen molar-refractivity contribution in [2.75, 3.05) is 44.8 Å². The highest BCUT2D eigenvalue weighted by molar-refractivity contribution is 9.10. The summed E-state index contributed by atoms with van der Waals surface area (Å²) < 4.78 is 10.8. The van der Waals surface area contributed by atoms with E-state index >= 15 is 0 Å². The summed E-state index contributed by atoms with van der Waals surface area (Å²) in [6.45, 7) is 2.17. The lowest BCUT2D eigenvalue weighted by Gasteiger charge is -2.36. The first-order valence-corrected chi connectivity index (χ1v) is 10.5. The van der Waals surface area contributed by atoms with Gasteiger partial charge in [0.05, 0.1) is 7.11 Å². The number of hydrogen-bond acceptors (Lipinski definition) is 6. The Bertz CT molecular complexity index is 1010. The molecule has 1 saturated heterocycles. The molecule has 3 rings (SSSR count). The van der Waals surface area contributed by atoms with E-state index in [0.717, 1.165) is 10.2 Å². The van der Waals surface area contributed by atoms with Gasteiger partial charge in [0, 0.05) is 41.9 Å². The molecule has 2 aromatic carbocycles. The quantitative estimate of drug-likeness (QED) is 0.356. The fraction of sp³-hybridized carbons (Fsp3) is 0.261. The van der Waals surface area contributed by atoms with Crippen LogP contribution in [0.1, 0.15) is 5.56 Å². The third kappa shape index (κ3) is 5.86. The van der Waals surface area contributed by atoms with Crippen molar-refractivity contribution in [1.82, 2.24) is 4.90 Å². The van der Waals surface area contributed by atoms with Gasteiger partial charge in [-0.15, -0.1) is 0 Å². The highest BCUT2D eigenvalue weighted by Crippen LogP contribution is 2.26. The Hall–Kier alpha value is -3.31. The molecule has 0 atom stereocenters. The van der Waals surface area contributed by atoms with Crippen molar-refractivity contribution < 1.29 is 19.1 Å². The summed E-state index contributed by atoms with van der Waals surface area (Å²) in [7, 11) is 1.28. The molecule has 0 bridgehead atoms. The number of nitrogens with zero attached hydrogens (tertiary/aromatic N) is 3. The first-order chi connectivity index (χ1) is 15.0. The first kappa shape index (κ1) is 22.4. The van der Waals surface area contributed by atoms with Gasteiger partial charge in [-0.2, -0.15) is 5.26 Å². The van der Waals surface area contributed by atoms with Crippen molar-refractivity contribution in [1.29, 1.82) is 5.26 Å². The first-order valence-electron chi connectivity index (χ1n) is 9.72. The average Bonchev–Trinajstić information content (AvgIpc) is 2.82. The number of ether oxygens (including phenoxy) is 2. The topological polar surface area (TPSA) is 82.9 Å². The van der Waals surface area contributed by atoms with E-state index in [9.17, 15) is 14.9 Å². The SMILES string of the molecule is COC(=O)COc1ccc(Br)cc1/C=C(/C#N)C(=O)N1CCN(c2ccccc2)CC1. The van der Waals surface area contributed by atoms with Gasteiger partial charge < -0.3 is 19.3 Å². The minimum absolute atomic E-state index is 0.00850. The zero-order valence-corrected chi connectivity index (χ0v) is 18.7. The van der Waals surface area contributed by atoms with Crippen LogP contribution < -0.4 is 9.64 Å². The second-order valence-electron chi connectivity index (χ2n) is 6.83. The number of benzene rings is 2. The van der Waals surface area contributed by atoms with E-state index in [4.69, 9.17) is 4.74 Å². The normalized spacial score (nSPS) is 14.0. The van der Waals surface area contributed by atoms with E-state index < -0.39 is 5.97 Å². The molecular formula is C23H22BrN3O4. The smallest absolute Gasteiger partial charge is 0.343 e. The maximum Gasteiger partial charge on any atom is 0.343 e. The maximum atomic E-state index is 13.0.